The second-order valence-corrected chi connectivity index (χ2v) is 11.7. The molecular weight excluding hydrogens is 691 g/mol. The van der Waals surface area contributed by atoms with E-state index in [1.165, 1.54) is 0 Å². The Kier molecular flexibility index (Phi) is 8.34. The monoisotopic (exact) mass is 696 g/mol. The summed E-state index contributed by atoms with van der Waals surface area (Å²) in [6, 6.07) is 0. The predicted octanol–water partition coefficient (Wildman–Crippen LogP) is 8.69. The minimum absolute atomic E-state index is 2.11. The fraction of sp³-hybridized carbons (Fsp3) is 1.00. The Morgan fingerprint density at radius 2 is 0.659 bits per heavy atom. The molecule has 1 saturated heterocycles. The van der Waals surface area contributed by atoms with Gasteiger partial charge >= 0.3 is 205 Å². The van der Waals surface area contributed by atoms with Gasteiger partial charge in [0.25, 0.3) is 0 Å². The van der Waals surface area contributed by atoms with Gasteiger partial charge in [0.2, 0.25) is 0 Å². The summed E-state index contributed by atoms with van der Waals surface area (Å²) in [4.78, 5) is 0. The molecule has 0 atom stereocenters. The van der Waals surface area contributed by atoms with Crippen LogP contribution in [-0.2, 0) is 13.6 Å². The molecule has 1 aliphatic rings. The Balaban J connectivity index is 4.73. The summed E-state index contributed by atoms with van der Waals surface area (Å²) in [6.45, 7) is -2.11. The van der Waals surface area contributed by atoms with Gasteiger partial charge in [0.05, 0.1) is 0 Å². The maximum absolute atomic E-state index is 14.0. The summed E-state index contributed by atoms with van der Waals surface area (Å²) in [6.07, 6.45) is -77.9. The van der Waals surface area contributed by atoms with Gasteiger partial charge in [-0.2, -0.15) is 0 Å². The Bertz CT molecular complexity index is 870. The van der Waals surface area contributed by atoms with Crippen LogP contribution in [0, 0.1) is 0 Å². The molecule has 0 aromatic heterocycles. The van der Waals surface area contributed by atoms with Crippen molar-refractivity contribution in [2.75, 3.05) is 6.66 Å². The van der Waals surface area contributed by atoms with Crippen LogP contribution in [0.1, 0.15) is 0 Å². The number of alkyl halides is 24. The van der Waals surface area contributed by atoms with Gasteiger partial charge in [-0.3, -0.25) is 0 Å². The van der Waals surface area contributed by atoms with Crippen LogP contribution >= 0.6 is 7.28 Å². The summed E-state index contributed by atoms with van der Waals surface area (Å²) in [5.74, 6) is 0. The molecule has 0 aromatic carbocycles. The third-order valence-corrected chi connectivity index (χ3v) is 9.52. The third-order valence-electron chi connectivity index (χ3n) is 5.11. The van der Waals surface area contributed by atoms with E-state index >= 15 is 0 Å². The molecule has 0 unspecified atom stereocenters. The van der Waals surface area contributed by atoms with E-state index < -0.39 is 86.3 Å². The zero-order chi connectivity index (χ0) is 33.7. The fourth-order valence-electron chi connectivity index (χ4n) is 3.89. The van der Waals surface area contributed by atoms with E-state index in [0.29, 0.717) is 0 Å². The van der Waals surface area contributed by atoms with E-state index in [0.717, 1.165) is 0 Å². The van der Waals surface area contributed by atoms with Crippen LogP contribution in [0.25, 0.3) is 0 Å². The van der Waals surface area contributed by atoms with Gasteiger partial charge < -0.3 is 0 Å². The first-order chi connectivity index (χ1) is 17.2. The predicted molar refractivity (Wildman–Crippen MR) is 77.6 cm³/mol. The summed E-state index contributed by atoms with van der Waals surface area (Å²) in [7, 11) is -10.6. The van der Waals surface area contributed by atoms with E-state index in [4.69, 9.17) is 0 Å². The molecule has 248 valence electrons. The zero-order valence-corrected chi connectivity index (χ0v) is 18.8. The van der Waals surface area contributed by atoms with Crippen molar-refractivity contribution in [2.24, 2.45) is 0 Å². The van der Waals surface area contributed by atoms with Gasteiger partial charge in [-0.1, -0.05) is 0 Å². The molecule has 0 saturated carbocycles. The maximum atomic E-state index is 14.0. The van der Waals surface area contributed by atoms with Crippen molar-refractivity contribution in [1.29, 1.82) is 0 Å². The second-order valence-electron chi connectivity index (χ2n) is 7.88. The first-order valence-electron chi connectivity index (χ1n) is 8.83. The van der Waals surface area contributed by atoms with Crippen molar-refractivity contribution in [2.45, 2.75) is 72.4 Å². The van der Waals surface area contributed by atoms with Crippen molar-refractivity contribution < 1.29 is 119 Å². The molecule has 0 N–H and O–H groups in total. The summed E-state index contributed by atoms with van der Waals surface area (Å²) in [5.41, 5.74) is -8.26. The van der Waals surface area contributed by atoms with E-state index in [1.54, 1.807) is 0 Å². The van der Waals surface area contributed by atoms with E-state index in [2.05, 4.69) is 13.6 Å². The molecule has 1 aliphatic heterocycles. The summed E-state index contributed by atoms with van der Waals surface area (Å²) >= 11 is 0. The normalized spacial score (nSPS) is 23.2. The SMILES string of the molecule is CP1(OC(C(F)(F)F)C(F)(F)F)(OC(C(F)(F)F)C(F)(F)F)OC(C(F)(F)F)(C(F)(F)F)C1(C(F)(F)F)C(F)(F)F. The average molecular weight is 696 g/mol. The number of hydrogen-bond donors (Lipinski definition) is 0. The molecule has 0 aliphatic carbocycles. The van der Waals surface area contributed by atoms with Crippen LogP contribution in [0.2, 0.25) is 0 Å². The van der Waals surface area contributed by atoms with Gasteiger partial charge in [-0.15, -0.1) is 0 Å². The number of halogens is 24. The Hall–Kier alpha value is -1.37. The molecule has 0 amide bonds. The van der Waals surface area contributed by atoms with Crippen molar-refractivity contribution in [3.05, 3.63) is 0 Å². The van der Waals surface area contributed by atoms with Crippen LogP contribution in [0.5, 0.6) is 0 Å². The molecule has 1 rings (SSSR count). The van der Waals surface area contributed by atoms with Crippen molar-refractivity contribution in [3.63, 3.8) is 0 Å². The Morgan fingerprint density at radius 3 is 0.805 bits per heavy atom. The van der Waals surface area contributed by atoms with Gasteiger partial charge in [0, 0.05) is 0 Å². The molecule has 0 radical (unpaired) electrons. The molecule has 28 heteroatoms. The number of hydrogen-bond acceptors (Lipinski definition) is 3. The molecular formula is C13H5F24O3P. The Morgan fingerprint density at radius 1 is 0.439 bits per heavy atom. The zero-order valence-electron chi connectivity index (χ0n) is 17.9. The van der Waals surface area contributed by atoms with Crippen LogP contribution in [0.3, 0.4) is 0 Å². The van der Waals surface area contributed by atoms with Gasteiger partial charge in [-0.05, 0) is 0 Å². The van der Waals surface area contributed by atoms with Crippen LogP contribution in [0.4, 0.5) is 105 Å². The average Bonchev–Trinajstić information content (AvgIpc) is 2.54. The van der Waals surface area contributed by atoms with Gasteiger partial charge in [0.1, 0.15) is 0 Å². The number of rotatable bonds is 4. The van der Waals surface area contributed by atoms with Crippen LogP contribution < -0.4 is 0 Å². The van der Waals surface area contributed by atoms with Gasteiger partial charge in [0.15, 0.2) is 0 Å². The molecule has 1 heterocycles. The van der Waals surface area contributed by atoms with Crippen LogP contribution in [-0.4, -0.2) is 79.0 Å². The molecule has 1 fully saturated rings. The van der Waals surface area contributed by atoms with E-state index in [9.17, 15) is 105 Å². The second kappa shape index (κ2) is 9.08. The van der Waals surface area contributed by atoms with E-state index in [-0.39, 0.29) is 0 Å². The first-order valence-corrected chi connectivity index (χ1v) is 11.3. The standard InChI is InChI=1S/C13H5F24O3P/c1-41(38-2(4(14,15)16)5(17,18)19,39-3(6(20,21)22)7(23,24)25)9(12(32,33)34,13(35,36)37)8(40-41,10(26,27)28)11(29,30)31/h2-3H,1H3. The topological polar surface area (TPSA) is 27.7 Å². The molecule has 0 bridgehead atoms. The van der Waals surface area contributed by atoms with E-state index in [1.807, 2.05) is 0 Å². The van der Waals surface area contributed by atoms with Gasteiger partial charge in [-0.25, -0.2) is 0 Å². The molecule has 0 aromatic rings. The van der Waals surface area contributed by atoms with Crippen molar-refractivity contribution in [1.82, 2.24) is 0 Å². The molecule has 41 heavy (non-hydrogen) atoms. The molecule has 3 nitrogen and oxygen atoms in total. The van der Waals surface area contributed by atoms with Crippen LogP contribution in [0.15, 0.2) is 0 Å². The third kappa shape index (κ3) is 5.33. The molecule has 0 spiro atoms. The summed E-state index contributed by atoms with van der Waals surface area (Å²) in [5, 5.41) is -8.72. The minimum atomic E-state index is -10.6. The fourth-order valence-corrected chi connectivity index (χ4v) is 8.91. The van der Waals surface area contributed by atoms with Crippen molar-refractivity contribution >= 4 is 7.28 Å². The van der Waals surface area contributed by atoms with Crippen molar-refractivity contribution in [3.8, 4) is 0 Å². The first kappa shape index (κ1) is 37.7. The Labute approximate surface area is 206 Å². The quantitative estimate of drug-likeness (QED) is 0.218. The summed E-state index contributed by atoms with van der Waals surface area (Å²) < 4.78 is 328.